The van der Waals surface area contributed by atoms with Crippen LogP contribution in [0.15, 0.2) is 51.4 Å². The highest BCUT2D eigenvalue weighted by Gasteiger charge is 2.15. The zero-order chi connectivity index (χ0) is 14.7. The van der Waals surface area contributed by atoms with E-state index >= 15 is 0 Å². The third-order valence-electron chi connectivity index (χ3n) is 3.16. The van der Waals surface area contributed by atoms with E-state index in [2.05, 4.69) is 37.2 Å². The van der Waals surface area contributed by atoms with Crippen LogP contribution >= 0.6 is 31.9 Å². The Hall–Kier alpha value is -1.13. The van der Waals surface area contributed by atoms with E-state index in [1.165, 1.54) is 0 Å². The first-order valence-electron chi connectivity index (χ1n) is 6.30. The van der Waals surface area contributed by atoms with E-state index < -0.39 is 0 Å². The van der Waals surface area contributed by atoms with Crippen LogP contribution in [0.3, 0.4) is 0 Å². The molecule has 4 heteroatoms. The Bertz CT molecular complexity index is 640. The summed E-state index contributed by atoms with van der Waals surface area (Å²) in [5.41, 5.74) is 2.72. The number of nitrogens with one attached hydrogen (secondary N) is 1. The first-order valence-corrected chi connectivity index (χ1v) is 7.89. The summed E-state index contributed by atoms with van der Waals surface area (Å²) in [5, 5.41) is 3.03. The van der Waals surface area contributed by atoms with Gasteiger partial charge < -0.3 is 5.32 Å². The van der Waals surface area contributed by atoms with Crippen LogP contribution in [0.1, 0.15) is 34.5 Å². The lowest BCUT2D eigenvalue weighted by Gasteiger charge is -2.16. The zero-order valence-corrected chi connectivity index (χ0v) is 14.5. The highest BCUT2D eigenvalue weighted by atomic mass is 79.9. The average Bonchev–Trinajstić information content (AvgIpc) is 2.41. The summed E-state index contributed by atoms with van der Waals surface area (Å²) in [7, 11) is 0. The molecular formula is C16H15Br2NO. The monoisotopic (exact) mass is 395 g/mol. The third-order valence-corrected chi connectivity index (χ3v) is 4.38. The number of carbonyl (C=O) groups is 1. The lowest BCUT2D eigenvalue weighted by atomic mass is 10.1. The number of benzene rings is 2. The van der Waals surface area contributed by atoms with Crippen molar-refractivity contribution in [1.29, 1.82) is 0 Å². The maximum absolute atomic E-state index is 12.4. The lowest BCUT2D eigenvalue weighted by Crippen LogP contribution is -2.27. The Morgan fingerprint density at radius 3 is 2.55 bits per heavy atom. The van der Waals surface area contributed by atoms with E-state index in [0.717, 1.165) is 20.1 Å². The predicted octanol–water partition coefficient (Wildman–Crippen LogP) is 5.01. The normalized spacial score (nSPS) is 12.0. The van der Waals surface area contributed by atoms with E-state index in [0.29, 0.717) is 5.56 Å². The van der Waals surface area contributed by atoms with E-state index in [1.807, 2.05) is 56.3 Å². The molecule has 0 radical (unpaired) electrons. The van der Waals surface area contributed by atoms with Crippen LogP contribution in [0.4, 0.5) is 0 Å². The van der Waals surface area contributed by atoms with Crippen molar-refractivity contribution in [1.82, 2.24) is 5.32 Å². The van der Waals surface area contributed by atoms with Gasteiger partial charge in [0.1, 0.15) is 0 Å². The molecule has 0 aromatic heterocycles. The molecule has 2 aromatic carbocycles. The first kappa shape index (κ1) is 15.3. The van der Waals surface area contributed by atoms with Gasteiger partial charge in [0.05, 0.1) is 6.04 Å². The smallest absolute Gasteiger partial charge is 0.252 e. The summed E-state index contributed by atoms with van der Waals surface area (Å²) in [4.78, 5) is 12.4. The first-order chi connectivity index (χ1) is 9.49. The molecular weight excluding hydrogens is 382 g/mol. The number of hydrogen-bond donors (Lipinski definition) is 1. The molecule has 2 aromatic rings. The van der Waals surface area contributed by atoms with E-state index in [1.54, 1.807) is 0 Å². The number of carbonyl (C=O) groups excluding carboxylic acids is 1. The minimum absolute atomic E-state index is 0.0588. The van der Waals surface area contributed by atoms with Crippen LogP contribution in [0.5, 0.6) is 0 Å². The predicted molar refractivity (Wildman–Crippen MR) is 88.9 cm³/mol. The van der Waals surface area contributed by atoms with Crippen molar-refractivity contribution in [3.8, 4) is 0 Å². The molecule has 2 nitrogen and oxygen atoms in total. The number of aryl methyl sites for hydroxylation is 1. The summed E-state index contributed by atoms with van der Waals surface area (Å²) < 4.78 is 1.90. The average molecular weight is 397 g/mol. The molecule has 0 heterocycles. The molecule has 2 rings (SSSR count). The topological polar surface area (TPSA) is 29.1 Å². The standard InChI is InChI=1S/C16H15Br2NO/c1-10-7-8-12(17)9-14(10)16(20)19-11(2)13-5-3-4-6-15(13)18/h3-9,11H,1-2H3,(H,19,20). The van der Waals surface area contributed by atoms with Crippen LogP contribution in [0.2, 0.25) is 0 Å². The van der Waals surface area contributed by atoms with Gasteiger partial charge in [0.2, 0.25) is 0 Å². The van der Waals surface area contributed by atoms with Gasteiger partial charge in [-0.15, -0.1) is 0 Å². The highest BCUT2D eigenvalue weighted by molar-refractivity contribution is 9.10. The number of rotatable bonds is 3. The van der Waals surface area contributed by atoms with Crippen molar-refractivity contribution in [3.05, 3.63) is 68.1 Å². The van der Waals surface area contributed by atoms with Crippen molar-refractivity contribution in [2.75, 3.05) is 0 Å². The molecule has 0 saturated heterocycles. The SMILES string of the molecule is Cc1ccc(Br)cc1C(=O)NC(C)c1ccccc1Br. The van der Waals surface area contributed by atoms with Crippen LogP contribution in [0, 0.1) is 6.92 Å². The van der Waals surface area contributed by atoms with Gasteiger partial charge in [0, 0.05) is 14.5 Å². The quantitative estimate of drug-likeness (QED) is 0.775. The zero-order valence-electron chi connectivity index (χ0n) is 11.3. The molecule has 0 bridgehead atoms. The van der Waals surface area contributed by atoms with Gasteiger partial charge in [-0.2, -0.15) is 0 Å². The molecule has 0 fully saturated rings. The van der Waals surface area contributed by atoms with Crippen LogP contribution in [0.25, 0.3) is 0 Å². The lowest BCUT2D eigenvalue weighted by molar-refractivity contribution is 0.0939. The Morgan fingerprint density at radius 2 is 1.85 bits per heavy atom. The minimum atomic E-state index is -0.0629. The van der Waals surface area contributed by atoms with E-state index in [-0.39, 0.29) is 11.9 Å². The van der Waals surface area contributed by atoms with Crippen molar-refractivity contribution >= 4 is 37.8 Å². The summed E-state index contributed by atoms with van der Waals surface area (Å²) in [6.07, 6.45) is 0. The number of amides is 1. The largest absolute Gasteiger partial charge is 0.345 e. The maximum Gasteiger partial charge on any atom is 0.252 e. The Kier molecular flexibility index (Phi) is 5.00. The van der Waals surface area contributed by atoms with Gasteiger partial charge in [0.25, 0.3) is 5.91 Å². The second kappa shape index (κ2) is 6.55. The molecule has 0 saturated carbocycles. The summed E-state index contributed by atoms with van der Waals surface area (Å²) in [6, 6.07) is 13.6. The molecule has 20 heavy (non-hydrogen) atoms. The third kappa shape index (κ3) is 3.49. The van der Waals surface area contributed by atoms with Gasteiger partial charge in [-0.05, 0) is 43.2 Å². The van der Waals surface area contributed by atoms with Gasteiger partial charge in [-0.3, -0.25) is 4.79 Å². The van der Waals surface area contributed by atoms with Crippen molar-refractivity contribution in [3.63, 3.8) is 0 Å². The fraction of sp³-hybridized carbons (Fsp3) is 0.188. The summed E-state index contributed by atoms with van der Waals surface area (Å²) in [5.74, 6) is -0.0629. The maximum atomic E-state index is 12.4. The Balaban J connectivity index is 2.20. The van der Waals surface area contributed by atoms with Gasteiger partial charge >= 0.3 is 0 Å². The van der Waals surface area contributed by atoms with Crippen LogP contribution in [-0.2, 0) is 0 Å². The van der Waals surface area contributed by atoms with Crippen molar-refractivity contribution < 1.29 is 4.79 Å². The molecule has 1 unspecified atom stereocenters. The molecule has 0 aliphatic rings. The fourth-order valence-corrected chi connectivity index (χ4v) is 3.01. The van der Waals surface area contributed by atoms with Gasteiger partial charge in [0.15, 0.2) is 0 Å². The molecule has 1 N–H and O–H groups in total. The molecule has 104 valence electrons. The molecule has 1 atom stereocenters. The summed E-state index contributed by atoms with van der Waals surface area (Å²) >= 11 is 6.91. The van der Waals surface area contributed by atoms with Crippen molar-refractivity contribution in [2.45, 2.75) is 19.9 Å². The number of hydrogen-bond acceptors (Lipinski definition) is 1. The highest BCUT2D eigenvalue weighted by Crippen LogP contribution is 2.23. The van der Waals surface area contributed by atoms with Gasteiger partial charge in [-0.1, -0.05) is 56.1 Å². The second-order valence-corrected chi connectivity index (χ2v) is 6.45. The number of halogens is 2. The summed E-state index contributed by atoms with van der Waals surface area (Å²) in [6.45, 7) is 3.91. The molecule has 0 spiro atoms. The van der Waals surface area contributed by atoms with E-state index in [4.69, 9.17) is 0 Å². The molecule has 1 amide bonds. The molecule has 0 aliphatic heterocycles. The minimum Gasteiger partial charge on any atom is -0.345 e. The second-order valence-electron chi connectivity index (χ2n) is 4.68. The fourth-order valence-electron chi connectivity index (χ4n) is 2.02. The van der Waals surface area contributed by atoms with Crippen LogP contribution < -0.4 is 5.32 Å². The van der Waals surface area contributed by atoms with Crippen molar-refractivity contribution in [2.24, 2.45) is 0 Å². The Morgan fingerprint density at radius 1 is 1.15 bits per heavy atom. The van der Waals surface area contributed by atoms with Gasteiger partial charge in [-0.25, -0.2) is 0 Å². The van der Waals surface area contributed by atoms with Crippen LogP contribution in [-0.4, -0.2) is 5.91 Å². The van der Waals surface area contributed by atoms with E-state index in [9.17, 15) is 4.79 Å². The Labute approximate surface area is 135 Å². The molecule has 0 aliphatic carbocycles.